The van der Waals surface area contributed by atoms with Crippen LogP contribution in [0.5, 0.6) is 11.5 Å². The summed E-state index contributed by atoms with van der Waals surface area (Å²) in [4.78, 5) is 12.2. The Kier molecular flexibility index (Phi) is 3.71. The van der Waals surface area contributed by atoms with Gasteiger partial charge in [-0.2, -0.15) is 0 Å². The Hall–Kier alpha value is -2.03. The normalized spacial score (nSPS) is 11.8. The van der Waals surface area contributed by atoms with Gasteiger partial charge in [0.1, 0.15) is 11.5 Å². The van der Waals surface area contributed by atoms with Crippen LogP contribution in [0.25, 0.3) is 10.8 Å². The van der Waals surface area contributed by atoms with E-state index in [-0.39, 0.29) is 17.6 Å². The van der Waals surface area contributed by atoms with E-state index < -0.39 is 5.41 Å². The van der Waals surface area contributed by atoms with Gasteiger partial charge in [-0.1, -0.05) is 26.0 Å². The quantitative estimate of drug-likeness (QED) is 0.675. The topological polar surface area (TPSA) is 46.5 Å². The molecule has 0 unspecified atom stereocenters. The van der Waals surface area contributed by atoms with Crippen molar-refractivity contribution in [2.75, 3.05) is 0 Å². The number of esters is 1. The number of phenolic OH excluding ortho intramolecular Hbond substituents is 1. The second-order valence-electron chi connectivity index (χ2n) is 5.96. The van der Waals surface area contributed by atoms with Crippen LogP contribution in [0.1, 0.15) is 27.7 Å². The average molecular weight is 272 g/mol. The second kappa shape index (κ2) is 5.16. The number of hydrogen-bond donors (Lipinski definition) is 1. The fourth-order valence-electron chi connectivity index (χ4n) is 1.75. The van der Waals surface area contributed by atoms with Crippen LogP contribution < -0.4 is 4.74 Å². The third kappa shape index (κ3) is 2.77. The molecular weight excluding hydrogens is 252 g/mol. The number of carbonyl (C=O) groups excluding carboxylic acids is 1. The fraction of sp³-hybridized carbons (Fsp3) is 0.353. The molecule has 2 aromatic rings. The van der Waals surface area contributed by atoms with E-state index in [0.29, 0.717) is 5.75 Å². The highest BCUT2D eigenvalue weighted by molar-refractivity contribution is 5.86. The second-order valence-corrected chi connectivity index (χ2v) is 5.96. The first kappa shape index (κ1) is 14.4. The van der Waals surface area contributed by atoms with E-state index >= 15 is 0 Å². The first-order valence-electron chi connectivity index (χ1n) is 6.76. The first-order chi connectivity index (χ1) is 9.30. The number of hydrogen-bond acceptors (Lipinski definition) is 3. The molecule has 3 nitrogen and oxygen atoms in total. The lowest BCUT2D eigenvalue weighted by Crippen LogP contribution is -2.33. The molecule has 1 N–H and O–H groups in total. The van der Waals surface area contributed by atoms with E-state index in [2.05, 4.69) is 0 Å². The van der Waals surface area contributed by atoms with Gasteiger partial charge in [0.25, 0.3) is 0 Å². The average Bonchev–Trinajstić information content (AvgIpc) is 2.38. The van der Waals surface area contributed by atoms with Crippen LogP contribution in [-0.2, 0) is 4.79 Å². The largest absolute Gasteiger partial charge is 0.508 e. The highest BCUT2D eigenvalue weighted by Crippen LogP contribution is 2.30. The van der Waals surface area contributed by atoms with Crippen LogP contribution in [0.3, 0.4) is 0 Å². The first-order valence-corrected chi connectivity index (χ1v) is 6.76. The van der Waals surface area contributed by atoms with Crippen molar-refractivity contribution < 1.29 is 14.6 Å². The van der Waals surface area contributed by atoms with Gasteiger partial charge >= 0.3 is 5.97 Å². The number of phenols is 1. The molecule has 0 bridgehead atoms. The zero-order chi connectivity index (χ0) is 14.9. The van der Waals surface area contributed by atoms with Crippen molar-refractivity contribution in [1.29, 1.82) is 0 Å². The summed E-state index contributed by atoms with van der Waals surface area (Å²) < 4.78 is 5.48. The molecule has 0 saturated heterocycles. The summed E-state index contributed by atoms with van der Waals surface area (Å²) in [7, 11) is 0. The molecule has 0 atom stereocenters. The van der Waals surface area contributed by atoms with Gasteiger partial charge in [0, 0.05) is 0 Å². The Bertz CT molecular complexity index is 642. The van der Waals surface area contributed by atoms with Gasteiger partial charge in [0.05, 0.1) is 5.41 Å². The minimum Gasteiger partial charge on any atom is -0.508 e. The fourth-order valence-corrected chi connectivity index (χ4v) is 1.75. The Balaban J connectivity index is 2.26. The van der Waals surface area contributed by atoms with Gasteiger partial charge in [0.15, 0.2) is 0 Å². The lowest BCUT2D eigenvalue weighted by molar-refractivity contribution is -0.146. The Morgan fingerprint density at radius 1 is 1.10 bits per heavy atom. The van der Waals surface area contributed by atoms with Crippen LogP contribution in [0.2, 0.25) is 0 Å². The van der Waals surface area contributed by atoms with Crippen molar-refractivity contribution in [3.63, 3.8) is 0 Å². The number of aromatic hydroxyl groups is 1. The molecule has 0 aliphatic heterocycles. The van der Waals surface area contributed by atoms with Crippen LogP contribution in [0.4, 0.5) is 0 Å². The molecule has 0 aliphatic rings. The number of rotatable bonds is 3. The number of fused-ring (bicyclic) bond motifs is 1. The summed E-state index contributed by atoms with van der Waals surface area (Å²) in [6.45, 7) is 7.78. The van der Waals surface area contributed by atoms with Crippen LogP contribution in [-0.4, -0.2) is 11.1 Å². The van der Waals surface area contributed by atoms with Gasteiger partial charge in [0.2, 0.25) is 0 Å². The minimum absolute atomic E-state index is 0.201. The molecule has 0 amide bonds. The summed E-state index contributed by atoms with van der Waals surface area (Å²) in [6.07, 6.45) is 0. The van der Waals surface area contributed by atoms with Crippen molar-refractivity contribution in [2.24, 2.45) is 11.3 Å². The number of ether oxygens (including phenoxy) is 1. The van der Waals surface area contributed by atoms with E-state index in [4.69, 9.17) is 4.74 Å². The van der Waals surface area contributed by atoms with Crippen molar-refractivity contribution in [1.82, 2.24) is 0 Å². The predicted molar refractivity (Wildman–Crippen MR) is 79.9 cm³/mol. The van der Waals surface area contributed by atoms with Crippen molar-refractivity contribution in [3.05, 3.63) is 36.4 Å². The van der Waals surface area contributed by atoms with Crippen molar-refractivity contribution >= 4 is 16.7 Å². The predicted octanol–water partition coefficient (Wildman–Crippen LogP) is 4.13. The standard InChI is InChI=1S/C17H20O3/c1-11(2)17(3,4)16(19)20-15-8-6-12-9-14(18)7-5-13(12)10-15/h5-11,18H,1-4H3. The minimum atomic E-state index is -0.524. The molecular formula is C17H20O3. The van der Waals surface area contributed by atoms with E-state index in [1.807, 2.05) is 39.8 Å². The van der Waals surface area contributed by atoms with E-state index in [1.165, 1.54) is 0 Å². The molecule has 0 aliphatic carbocycles. The summed E-state index contributed by atoms with van der Waals surface area (Å²) >= 11 is 0. The molecule has 2 rings (SSSR count). The molecule has 20 heavy (non-hydrogen) atoms. The van der Waals surface area contributed by atoms with E-state index in [1.54, 1.807) is 24.3 Å². The molecule has 3 heteroatoms. The van der Waals surface area contributed by atoms with E-state index in [9.17, 15) is 9.90 Å². The summed E-state index contributed by atoms with van der Waals surface area (Å²) in [5.74, 6) is 0.725. The number of carbonyl (C=O) groups is 1. The van der Waals surface area contributed by atoms with Crippen molar-refractivity contribution in [2.45, 2.75) is 27.7 Å². The SMILES string of the molecule is CC(C)C(C)(C)C(=O)Oc1ccc2cc(O)ccc2c1. The highest BCUT2D eigenvalue weighted by Gasteiger charge is 2.33. The summed E-state index contributed by atoms with van der Waals surface area (Å²) in [6, 6.07) is 10.5. The smallest absolute Gasteiger partial charge is 0.317 e. The number of benzene rings is 2. The zero-order valence-electron chi connectivity index (χ0n) is 12.3. The molecule has 0 heterocycles. The molecule has 0 radical (unpaired) electrons. The van der Waals surface area contributed by atoms with Gasteiger partial charge < -0.3 is 9.84 Å². The van der Waals surface area contributed by atoms with Crippen LogP contribution >= 0.6 is 0 Å². The third-order valence-corrected chi connectivity index (χ3v) is 3.98. The maximum Gasteiger partial charge on any atom is 0.317 e. The van der Waals surface area contributed by atoms with Gasteiger partial charge in [-0.25, -0.2) is 0 Å². The van der Waals surface area contributed by atoms with E-state index in [0.717, 1.165) is 10.8 Å². The Labute approximate surface area is 119 Å². The molecule has 0 spiro atoms. The van der Waals surface area contributed by atoms with Crippen molar-refractivity contribution in [3.8, 4) is 11.5 Å². The molecule has 0 fully saturated rings. The monoisotopic (exact) mass is 272 g/mol. The van der Waals surface area contributed by atoms with Crippen LogP contribution in [0, 0.1) is 11.3 Å². The lowest BCUT2D eigenvalue weighted by atomic mass is 9.81. The third-order valence-electron chi connectivity index (χ3n) is 3.98. The summed E-state index contributed by atoms with van der Waals surface area (Å²) in [5.41, 5.74) is -0.524. The van der Waals surface area contributed by atoms with Gasteiger partial charge in [-0.05, 0) is 54.8 Å². The Morgan fingerprint density at radius 3 is 2.35 bits per heavy atom. The molecule has 106 valence electrons. The zero-order valence-corrected chi connectivity index (χ0v) is 12.3. The maximum absolute atomic E-state index is 12.2. The highest BCUT2D eigenvalue weighted by atomic mass is 16.5. The van der Waals surface area contributed by atoms with Gasteiger partial charge in [-0.3, -0.25) is 4.79 Å². The molecule has 0 aromatic heterocycles. The Morgan fingerprint density at radius 2 is 1.70 bits per heavy atom. The van der Waals surface area contributed by atoms with Gasteiger partial charge in [-0.15, -0.1) is 0 Å². The molecule has 2 aromatic carbocycles. The molecule has 0 saturated carbocycles. The van der Waals surface area contributed by atoms with Crippen LogP contribution in [0.15, 0.2) is 36.4 Å². The lowest BCUT2D eigenvalue weighted by Gasteiger charge is -2.26. The summed E-state index contributed by atoms with van der Waals surface area (Å²) in [5, 5.41) is 11.3. The maximum atomic E-state index is 12.2.